The summed E-state index contributed by atoms with van der Waals surface area (Å²) in [7, 11) is -3.03. The molecule has 0 saturated heterocycles. The van der Waals surface area contributed by atoms with E-state index in [1.807, 2.05) is 6.20 Å². The average Bonchev–Trinajstić information content (AvgIpc) is 3.76. The number of nitrogens with zero attached hydrogens (tertiary/aromatic N) is 4. The van der Waals surface area contributed by atoms with E-state index in [1.54, 1.807) is 0 Å². The third-order valence-corrected chi connectivity index (χ3v) is 15.3. The molecule has 0 amide bonds. The van der Waals surface area contributed by atoms with Crippen LogP contribution in [0.1, 0.15) is 45.2 Å². The topological polar surface area (TPSA) is 27.7 Å². The Kier molecular flexibility index (Phi) is 9.56. The number of para-hydroxylation sites is 3. The third kappa shape index (κ3) is 5.78. The zero-order valence-corrected chi connectivity index (χ0v) is 34.1. The zero-order valence-electron chi connectivity index (χ0n) is 30.8. The van der Waals surface area contributed by atoms with Crippen molar-refractivity contribution < 1.29 is 21.1 Å². The van der Waals surface area contributed by atoms with E-state index in [0.29, 0.717) is 12.0 Å². The summed E-state index contributed by atoms with van der Waals surface area (Å²) in [5.74, 6) is 1.30. The Morgan fingerprint density at radius 1 is 0.593 bits per heavy atom. The molecule has 0 atom stereocenters. The molecule has 0 spiro atoms. The smallest absolute Gasteiger partial charge is 0.188 e. The van der Waals surface area contributed by atoms with E-state index in [-0.39, 0.29) is 21.1 Å². The van der Waals surface area contributed by atoms with Crippen molar-refractivity contribution in [1.29, 1.82) is 0 Å². The Morgan fingerprint density at radius 2 is 1.22 bits per heavy atom. The van der Waals surface area contributed by atoms with E-state index >= 15 is 0 Å². The molecule has 0 radical (unpaired) electrons. The van der Waals surface area contributed by atoms with Crippen LogP contribution in [-0.2, 0) is 21.1 Å². The van der Waals surface area contributed by atoms with Gasteiger partial charge in [-0.05, 0) is 71.4 Å². The molecule has 9 rings (SSSR count). The van der Waals surface area contributed by atoms with Gasteiger partial charge in [-0.25, -0.2) is 14.1 Å². The Hall–Kier alpha value is -5.35. The van der Waals surface area contributed by atoms with Crippen molar-refractivity contribution in [1.82, 2.24) is 18.7 Å². The van der Waals surface area contributed by atoms with Gasteiger partial charge in [0.25, 0.3) is 0 Å². The molecular weight excluding hydrogens is 856 g/mol. The Balaban J connectivity index is 0.00000413. The summed E-state index contributed by atoms with van der Waals surface area (Å²) in [6.45, 7) is 8.94. The SMILES string of the molecule is CC(C)c1ccnc(-n2c3[c-]c([Si](c4[c-]c(-n5[cH+]n(C(C)C)c6ccccc65)ccc4)(c4ccccc4)c4ccccc4)ccc3c3ccccc32)c1.[Pt]. The predicted octanol–water partition coefficient (Wildman–Crippen LogP) is 8.88. The molecule has 0 aliphatic heterocycles. The Labute approximate surface area is 332 Å². The second-order valence-electron chi connectivity index (χ2n) is 14.5. The standard InChI is InChI=1S/C48H41N4Si.Pt/c1-34(2)36-28-29-49-48(30-36)52-44-23-12-11-22-42(44)43-27-26-41(32-47(43)52)53(38-17-7-5-8-18-38,39-19-9-6-10-20-39)40-21-15-16-37(31-40)51-33-50(35(3)4)45-24-13-14-25-46(45)51;/h5-30,33-35H,1-4H3;/q-1;. The summed E-state index contributed by atoms with van der Waals surface area (Å²) < 4.78 is 6.95. The van der Waals surface area contributed by atoms with E-state index in [2.05, 4.69) is 212 Å². The Bertz CT molecular complexity index is 2710. The van der Waals surface area contributed by atoms with Crippen LogP contribution in [-0.4, -0.2) is 26.8 Å². The van der Waals surface area contributed by atoms with Gasteiger partial charge < -0.3 is 4.57 Å². The number of benzene rings is 6. The summed E-state index contributed by atoms with van der Waals surface area (Å²) in [6.07, 6.45) is 4.17. The van der Waals surface area contributed by atoms with Crippen LogP contribution in [0.25, 0.3) is 44.3 Å². The van der Waals surface area contributed by atoms with E-state index in [9.17, 15) is 0 Å². The average molecular weight is 897 g/mol. The molecule has 3 heterocycles. The number of imidazole rings is 1. The van der Waals surface area contributed by atoms with Crippen LogP contribution in [0.3, 0.4) is 0 Å². The van der Waals surface area contributed by atoms with Gasteiger partial charge in [0.05, 0.1) is 6.04 Å². The van der Waals surface area contributed by atoms with Gasteiger partial charge in [0.1, 0.15) is 13.9 Å². The van der Waals surface area contributed by atoms with Gasteiger partial charge in [-0.1, -0.05) is 98.2 Å². The van der Waals surface area contributed by atoms with Crippen LogP contribution in [0.15, 0.2) is 164 Å². The number of aromatic nitrogens is 4. The zero-order chi connectivity index (χ0) is 36.1. The summed E-state index contributed by atoms with van der Waals surface area (Å²) in [4.78, 5) is 4.96. The monoisotopic (exact) mass is 896 g/mol. The summed E-state index contributed by atoms with van der Waals surface area (Å²) >= 11 is 0. The van der Waals surface area contributed by atoms with Crippen molar-refractivity contribution in [3.05, 3.63) is 182 Å². The maximum absolute atomic E-state index is 4.96. The van der Waals surface area contributed by atoms with Crippen LogP contribution in [0.5, 0.6) is 0 Å². The molecular formula is C48H41N4PtSi-. The third-order valence-electron chi connectivity index (χ3n) is 10.7. The molecule has 0 saturated carbocycles. The molecule has 0 unspecified atom stereocenters. The molecule has 4 nitrogen and oxygen atoms in total. The molecule has 6 heteroatoms. The first-order valence-electron chi connectivity index (χ1n) is 18.5. The quantitative estimate of drug-likeness (QED) is 0.0852. The van der Waals surface area contributed by atoms with Crippen molar-refractivity contribution in [2.75, 3.05) is 0 Å². The second-order valence-corrected chi connectivity index (χ2v) is 18.2. The van der Waals surface area contributed by atoms with Gasteiger partial charge in [-0.2, -0.15) is 35.5 Å². The number of pyridine rings is 1. The van der Waals surface area contributed by atoms with Crippen LogP contribution in [0.2, 0.25) is 0 Å². The maximum Gasteiger partial charge on any atom is 0.188 e. The molecule has 0 bridgehead atoms. The summed E-state index contributed by atoms with van der Waals surface area (Å²) in [5.41, 5.74) is 6.81. The van der Waals surface area contributed by atoms with Gasteiger partial charge in [0.15, 0.2) is 17.4 Å². The molecule has 6 aromatic carbocycles. The molecule has 268 valence electrons. The molecule has 0 aliphatic rings. The fraction of sp³-hybridized carbons (Fsp3) is 0.125. The minimum atomic E-state index is -3.03. The molecule has 9 aromatic rings. The van der Waals surface area contributed by atoms with Crippen molar-refractivity contribution >= 4 is 61.7 Å². The van der Waals surface area contributed by atoms with Gasteiger partial charge in [0.2, 0.25) is 0 Å². The predicted molar refractivity (Wildman–Crippen MR) is 224 cm³/mol. The van der Waals surface area contributed by atoms with Gasteiger partial charge in [0, 0.05) is 50.6 Å². The van der Waals surface area contributed by atoms with Crippen LogP contribution >= 0.6 is 0 Å². The normalized spacial score (nSPS) is 11.9. The van der Waals surface area contributed by atoms with E-state index < -0.39 is 8.07 Å². The van der Waals surface area contributed by atoms with E-state index in [0.717, 1.165) is 28.1 Å². The second kappa shape index (κ2) is 14.5. The van der Waals surface area contributed by atoms with Gasteiger partial charge in [-0.3, -0.25) is 0 Å². The van der Waals surface area contributed by atoms with Gasteiger partial charge in [-0.15, -0.1) is 22.7 Å². The van der Waals surface area contributed by atoms with E-state index in [4.69, 9.17) is 4.98 Å². The van der Waals surface area contributed by atoms with Crippen LogP contribution in [0, 0.1) is 12.1 Å². The first-order chi connectivity index (χ1) is 25.9. The first-order valence-corrected chi connectivity index (χ1v) is 20.5. The molecule has 0 fully saturated rings. The van der Waals surface area contributed by atoms with Crippen molar-refractivity contribution in [2.24, 2.45) is 0 Å². The van der Waals surface area contributed by atoms with Crippen molar-refractivity contribution in [3.63, 3.8) is 0 Å². The first kappa shape index (κ1) is 35.7. The van der Waals surface area contributed by atoms with Gasteiger partial charge >= 0.3 is 0 Å². The van der Waals surface area contributed by atoms with Crippen molar-refractivity contribution in [3.8, 4) is 11.5 Å². The molecule has 3 aromatic heterocycles. The molecule has 0 aliphatic carbocycles. The number of hydrogen-bond donors (Lipinski definition) is 0. The molecule has 0 N–H and O–H groups in total. The largest absolute Gasteiger partial charge is 0.319 e. The number of rotatable bonds is 8. The Morgan fingerprint density at radius 3 is 1.91 bits per heavy atom. The van der Waals surface area contributed by atoms with Crippen molar-refractivity contribution in [2.45, 2.75) is 39.7 Å². The van der Waals surface area contributed by atoms with Crippen LogP contribution < -0.4 is 20.7 Å². The van der Waals surface area contributed by atoms with E-state index in [1.165, 1.54) is 42.6 Å². The van der Waals surface area contributed by atoms with Crippen LogP contribution in [0.4, 0.5) is 0 Å². The number of hydrogen-bond acceptors (Lipinski definition) is 1. The fourth-order valence-electron chi connectivity index (χ4n) is 8.13. The molecule has 54 heavy (non-hydrogen) atoms. The maximum atomic E-state index is 4.96. The minimum Gasteiger partial charge on any atom is -0.319 e. The summed E-state index contributed by atoms with van der Waals surface area (Å²) in [5, 5.41) is 7.29. The fourth-order valence-corrected chi connectivity index (χ4v) is 12.7. The number of fused-ring (bicyclic) bond motifs is 4. The summed E-state index contributed by atoms with van der Waals surface area (Å²) in [6, 6.07) is 63.6. The minimum absolute atomic E-state index is 0.